The largest absolute Gasteiger partial charge is 0.383 e. The monoisotopic (exact) mass is 517 g/mol. The molecule has 2 aliphatic rings. The van der Waals surface area contributed by atoms with Gasteiger partial charge in [0.2, 0.25) is 0 Å². The van der Waals surface area contributed by atoms with Gasteiger partial charge in [0, 0.05) is 29.2 Å². The van der Waals surface area contributed by atoms with E-state index in [1.54, 1.807) is 6.07 Å². The Morgan fingerprint density at radius 3 is 2.69 bits per heavy atom. The molecule has 4 rings (SSSR count). The van der Waals surface area contributed by atoms with E-state index in [1.165, 1.54) is 12.4 Å². The minimum absolute atomic E-state index is 0.121. The lowest BCUT2D eigenvalue weighted by molar-refractivity contribution is 0.780. The van der Waals surface area contributed by atoms with Crippen molar-refractivity contribution in [2.45, 2.75) is 13.0 Å². The van der Waals surface area contributed by atoms with Crippen LogP contribution in [0.1, 0.15) is 18.7 Å². The highest BCUT2D eigenvalue weighted by atomic mass is 127. The number of pyridine rings is 1. The van der Waals surface area contributed by atoms with Gasteiger partial charge in [-0.2, -0.15) is 0 Å². The standard InChI is InChI=1S/C21H17ClIN5O/c1-12(27-21-19(23)20(24)25-11-26-21)18-8-13-7-15(29)9-17(22)16(13)10-28(18)14-5-3-2-4-6-14/h2-12H,1H3,(H3,24,25,26,27). The Bertz CT molecular complexity index is 1210. The summed E-state index contributed by atoms with van der Waals surface area (Å²) in [4.78, 5) is 20.3. The topological polar surface area (TPSA) is 85.8 Å². The summed E-state index contributed by atoms with van der Waals surface area (Å²) in [6.45, 7) is 2.03. The molecule has 2 heterocycles. The first-order valence-corrected chi connectivity index (χ1v) is 10.3. The van der Waals surface area contributed by atoms with E-state index in [4.69, 9.17) is 17.3 Å². The number of nitrogens with two attached hydrogens (primary N) is 1. The molecule has 0 radical (unpaired) electrons. The fraction of sp³-hybridized carbons (Fsp3) is 0.0952. The predicted molar refractivity (Wildman–Crippen MR) is 125 cm³/mol. The Morgan fingerprint density at radius 2 is 1.93 bits per heavy atom. The van der Waals surface area contributed by atoms with E-state index in [0.717, 1.165) is 26.1 Å². The van der Waals surface area contributed by atoms with Crippen molar-refractivity contribution >= 4 is 45.8 Å². The summed E-state index contributed by atoms with van der Waals surface area (Å²) in [5.74, 6) is 1.08. The molecule has 2 aromatic rings. The van der Waals surface area contributed by atoms with Crippen LogP contribution >= 0.6 is 34.2 Å². The number of aromatic nitrogens is 3. The van der Waals surface area contributed by atoms with Crippen LogP contribution in [0, 0.1) is 3.57 Å². The van der Waals surface area contributed by atoms with Gasteiger partial charge in [-0.25, -0.2) is 9.97 Å². The number of rotatable bonds is 4. The summed E-state index contributed by atoms with van der Waals surface area (Å²) in [6.07, 6.45) is 3.39. The molecule has 0 bridgehead atoms. The third-order valence-corrected chi connectivity index (χ3v) is 6.00. The van der Waals surface area contributed by atoms with E-state index in [-0.39, 0.29) is 11.5 Å². The zero-order valence-electron chi connectivity index (χ0n) is 15.4. The molecular weight excluding hydrogens is 501 g/mol. The van der Waals surface area contributed by atoms with E-state index in [1.807, 2.05) is 49.5 Å². The summed E-state index contributed by atoms with van der Waals surface area (Å²) >= 11 is 8.48. The summed E-state index contributed by atoms with van der Waals surface area (Å²) in [7, 11) is 0. The second-order valence-electron chi connectivity index (χ2n) is 6.60. The molecule has 29 heavy (non-hydrogen) atoms. The maximum atomic E-state index is 12.0. The van der Waals surface area contributed by atoms with E-state index in [2.05, 4.69) is 42.4 Å². The van der Waals surface area contributed by atoms with E-state index < -0.39 is 0 Å². The third kappa shape index (κ3) is 3.92. The highest BCUT2D eigenvalue weighted by molar-refractivity contribution is 14.1. The highest BCUT2D eigenvalue weighted by Crippen LogP contribution is 2.33. The Kier molecular flexibility index (Phi) is 5.42. The normalized spacial score (nSPS) is 12.1. The average molecular weight is 518 g/mol. The summed E-state index contributed by atoms with van der Waals surface area (Å²) in [5, 5.41) is 3.83. The second kappa shape index (κ2) is 8.00. The lowest BCUT2D eigenvalue weighted by Crippen LogP contribution is -2.17. The van der Waals surface area contributed by atoms with Crippen molar-refractivity contribution in [3.63, 3.8) is 0 Å². The van der Waals surface area contributed by atoms with Gasteiger partial charge in [0.1, 0.15) is 18.0 Å². The number of fused-ring (bicyclic) bond motifs is 1. The molecule has 1 aliphatic carbocycles. The zero-order chi connectivity index (χ0) is 20.5. The number of halogens is 2. The van der Waals surface area contributed by atoms with Gasteiger partial charge < -0.3 is 15.6 Å². The molecule has 1 atom stereocenters. The lowest BCUT2D eigenvalue weighted by Gasteiger charge is -2.24. The summed E-state index contributed by atoms with van der Waals surface area (Å²) in [5.41, 5.74) is 9.32. The Morgan fingerprint density at radius 1 is 1.17 bits per heavy atom. The first-order valence-electron chi connectivity index (χ1n) is 8.88. The zero-order valence-corrected chi connectivity index (χ0v) is 18.3. The number of anilines is 2. The van der Waals surface area contributed by atoms with Crippen molar-refractivity contribution in [2.75, 3.05) is 11.1 Å². The molecule has 146 valence electrons. The SMILES string of the molecule is CC(Nc1ncnc(N)c1I)c1cc2cc(=O)cc(Cl)c-2cn1-c1ccccc1. The van der Waals surface area contributed by atoms with Gasteiger partial charge in [-0.3, -0.25) is 4.79 Å². The van der Waals surface area contributed by atoms with Crippen LogP contribution in [-0.2, 0) is 0 Å². The van der Waals surface area contributed by atoms with Gasteiger partial charge in [-0.1, -0.05) is 29.8 Å². The summed E-state index contributed by atoms with van der Waals surface area (Å²) < 4.78 is 2.82. The van der Waals surface area contributed by atoms with Crippen molar-refractivity contribution in [3.05, 3.63) is 85.6 Å². The maximum absolute atomic E-state index is 12.0. The van der Waals surface area contributed by atoms with Gasteiger partial charge in [0.15, 0.2) is 5.43 Å². The van der Waals surface area contributed by atoms with Crippen LogP contribution in [0.5, 0.6) is 0 Å². The maximum Gasteiger partial charge on any atom is 0.180 e. The van der Waals surface area contributed by atoms with Crippen LogP contribution in [0.3, 0.4) is 0 Å². The van der Waals surface area contributed by atoms with Crippen LogP contribution in [0.15, 0.2) is 65.8 Å². The van der Waals surface area contributed by atoms with Crippen molar-refractivity contribution < 1.29 is 0 Å². The van der Waals surface area contributed by atoms with Gasteiger partial charge in [-0.15, -0.1) is 0 Å². The molecule has 0 saturated heterocycles. The molecule has 1 unspecified atom stereocenters. The second-order valence-corrected chi connectivity index (χ2v) is 8.09. The third-order valence-electron chi connectivity index (χ3n) is 4.62. The summed E-state index contributed by atoms with van der Waals surface area (Å²) in [6, 6.07) is 14.8. The van der Waals surface area contributed by atoms with Crippen molar-refractivity contribution in [3.8, 4) is 16.8 Å². The first-order chi connectivity index (χ1) is 13.9. The molecule has 8 heteroatoms. The molecule has 0 spiro atoms. The number of nitrogens with zero attached hydrogens (tertiary/aromatic N) is 3. The molecule has 0 fully saturated rings. The number of nitrogen functional groups attached to an aromatic ring is 1. The van der Waals surface area contributed by atoms with Gasteiger partial charge in [0.25, 0.3) is 0 Å². The van der Waals surface area contributed by atoms with Gasteiger partial charge in [0.05, 0.1) is 14.6 Å². The van der Waals surface area contributed by atoms with Crippen LogP contribution < -0.4 is 16.5 Å². The fourth-order valence-electron chi connectivity index (χ4n) is 3.21. The molecule has 0 amide bonds. The van der Waals surface area contributed by atoms with Crippen LogP contribution in [0.4, 0.5) is 11.6 Å². The van der Waals surface area contributed by atoms with Crippen LogP contribution in [0.25, 0.3) is 16.8 Å². The molecule has 0 saturated carbocycles. The smallest absolute Gasteiger partial charge is 0.180 e. The van der Waals surface area contributed by atoms with E-state index in [9.17, 15) is 4.79 Å². The van der Waals surface area contributed by atoms with Crippen LogP contribution in [-0.4, -0.2) is 14.5 Å². The van der Waals surface area contributed by atoms with Crippen molar-refractivity contribution in [1.82, 2.24) is 14.5 Å². The molecule has 1 aliphatic heterocycles. The minimum atomic E-state index is -0.142. The van der Waals surface area contributed by atoms with Crippen LogP contribution in [0.2, 0.25) is 5.02 Å². The average Bonchev–Trinajstić information content (AvgIpc) is 2.71. The van der Waals surface area contributed by atoms with Gasteiger partial charge in [-0.05, 0) is 59.3 Å². The van der Waals surface area contributed by atoms with E-state index >= 15 is 0 Å². The number of benzene rings is 2. The molecule has 1 aromatic carbocycles. The Hall–Kier alpha value is -2.65. The molecule has 6 nitrogen and oxygen atoms in total. The Labute approximate surface area is 186 Å². The highest BCUT2D eigenvalue weighted by Gasteiger charge is 2.18. The molecule has 1 aromatic heterocycles. The Balaban J connectivity index is 1.88. The lowest BCUT2D eigenvalue weighted by atomic mass is 10.0. The number of para-hydroxylation sites is 1. The minimum Gasteiger partial charge on any atom is -0.383 e. The predicted octanol–water partition coefficient (Wildman–Crippen LogP) is 4.75. The van der Waals surface area contributed by atoms with E-state index in [0.29, 0.717) is 16.7 Å². The van der Waals surface area contributed by atoms with Gasteiger partial charge >= 0.3 is 0 Å². The number of hydrogen-bond acceptors (Lipinski definition) is 5. The quantitative estimate of drug-likeness (QED) is 0.382. The van der Waals surface area contributed by atoms with Crippen molar-refractivity contribution in [1.29, 1.82) is 0 Å². The van der Waals surface area contributed by atoms with Crippen molar-refractivity contribution in [2.24, 2.45) is 0 Å². The number of hydrogen-bond donors (Lipinski definition) is 2. The molecule has 3 N–H and O–H groups in total. The number of nitrogens with one attached hydrogen (secondary N) is 1. The first kappa shape index (κ1) is 19.7. The molecular formula is C21H17ClIN5O. The fourth-order valence-corrected chi connectivity index (χ4v) is 3.91.